The zero-order valence-electron chi connectivity index (χ0n) is 15.3. The molecule has 1 aromatic carbocycles. The van der Waals surface area contributed by atoms with Gasteiger partial charge in [0.25, 0.3) is 0 Å². The summed E-state index contributed by atoms with van der Waals surface area (Å²) in [7, 11) is 0. The van der Waals surface area contributed by atoms with Gasteiger partial charge in [-0.05, 0) is 25.5 Å². The Labute approximate surface area is 157 Å². The van der Waals surface area contributed by atoms with Crippen LogP contribution < -0.4 is 5.32 Å². The molecule has 1 atom stereocenters. The van der Waals surface area contributed by atoms with Gasteiger partial charge in [0.15, 0.2) is 0 Å². The minimum absolute atomic E-state index is 0.386. The first-order valence-electron chi connectivity index (χ1n) is 9.43. The number of hydrogen-bond donors (Lipinski definition) is 1. The summed E-state index contributed by atoms with van der Waals surface area (Å²) in [6.07, 6.45) is 4.14. The molecular formula is C21H22N6. The number of hydrogen-bond acceptors (Lipinski definition) is 4. The smallest absolute Gasteiger partial charge is 0.147 e. The second kappa shape index (κ2) is 6.63. The van der Waals surface area contributed by atoms with Gasteiger partial charge in [0, 0.05) is 30.8 Å². The van der Waals surface area contributed by atoms with E-state index in [2.05, 4.69) is 62.4 Å². The molecule has 1 N–H and O–H groups in total. The first-order chi connectivity index (χ1) is 13.3. The molecule has 0 aliphatic carbocycles. The van der Waals surface area contributed by atoms with Gasteiger partial charge in [-0.25, -0.2) is 14.6 Å². The van der Waals surface area contributed by atoms with E-state index in [0.29, 0.717) is 6.04 Å². The van der Waals surface area contributed by atoms with E-state index in [4.69, 9.17) is 4.98 Å². The Hall–Kier alpha value is -2.99. The normalized spacial score (nSPS) is 16.6. The average Bonchev–Trinajstić information content (AvgIpc) is 3.26. The van der Waals surface area contributed by atoms with Crippen molar-refractivity contribution < 1.29 is 0 Å². The minimum atomic E-state index is 0.386. The topological polar surface area (TPSA) is 60.0 Å². The van der Waals surface area contributed by atoms with Crippen molar-refractivity contribution in [3.8, 4) is 11.3 Å². The van der Waals surface area contributed by atoms with Gasteiger partial charge in [-0.1, -0.05) is 36.4 Å². The van der Waals surface area contributed by atoms with Crippen LogP contribution in [0.2, 0.25) is 0 Å². The molecular weight excluding hydrogens is 336 g/mol. The molecule has 5 rings (SSSR count). The van der Waals surface area contributed by atoms with Crippen LogP contribution in [0.3, 0.4) is 0 Å². The van der Waals surface area contributed by atoms with E-state index in [1.54, 1.807) is 0 Å². The van der Waals surface area contributed by atoms with Crippen LogP contribution in [-0.2, 0) is 19.5 Å². The predicted octanol–water partition coefficient (Wildman–Crippen LogP) is 3.01. The second-order valence-electron chi connectivity index (χ2n) is 7.08. The third kappa shape index (κ3) is 3.02. The molecule has 6 heteroatoms. The van der Waals surface area contributed by atoms with Crippen molar-refractivity contribution in [2.75, 3.05) is 0 Å². The van der Waals surface area contributed by atoms with Gasteiger partial charge in [-0.2, -0.15) is 5.10 Å². The summed E-state index contributed by atoms with van der Waals surface area (Å²) in [5, 5.41) is 8.24. The summed E-state index contributed by atoms with van der Waals surface area (Å²) in [5.74, 6) is 1.96. The largest absolute Gasteiger partial charge is 0.306 e. The number of imidazole rings is 1. The maximum atomic E-state index is 4.88. The molecule has 136 valence electrons. The zero-order valence-corrected chi connectivity index (χ0v) is 15.3. The van der Waals surface area contributed by atoms with Gasteiger partial charge in [0.05, 0.1) is 17.9 Å². The fourth-order valence-electron chi connectivity index (χ4n) is 3.88. The van der Waals surface area contributed by atoms with Gasteiger partial charge < -0.3 is 9.72 Å². The van der Waals surface area contributed by atoms with Crippen molar-refractivity contribution in [3.05, 3.63) is 72.1 Å². The third-order valence-electron chi connectivity index (χ3n) is 5.20. The van der Waals surface area contributed by atoms with Crippen molar-refractivity contribution in [2.45, 2.75) is 38.9 Å². The van der Waals surface area contributed by atoms with E-state index in [-0.39, 0.29) is 0 Å². The van der Waals surface area contributed by atoms with Crippen LogP contribution in [0.1, 0.15) is 23.8 Å². The van der Waals surface area contributed by atoms with E-state index in [9.17, 15) is 0 Å². The lowest BCUT2D eigenvalue weighted by Gasteiger charge is -2.23. The summed E-state index contributed by atoms with van der Waals surface area (Å²) in [6.45, 7) is 3.59. The summed E-state index contributed by atoms with van der Waals surface area (Å²) in [5.41, 5.74) is 4.36. The number of fused-ring (bicyclic) bond motifs is 2. The van der Waals surface area contributed by atoms with Crippen molar-refractivity contribution >= 4 is 5.65 Å². The number of rotatable bonds is 4. The molecule has 0 fully saturated rings. The fourth-order valence-corrected chi connectivity index (χ4v) is 3.88. The standard InChI is InChI=1S/C21H22N6/c1-15-23-20-11-10-17(14-27(20)25-15)22-13-18-21(16-7-3-2-4-8-16)24-19-9-5-6-12-26(18)19/h2-9,12,17,22H,10-11,13-14H2,1H3. The van der Waals surface area contributed by atoms with Crippen LogP contribution in [0, 0.1) is 6.92 Å². The van der Waals surface area contributed by atoms with E-state index < -0.39 is 0 Å². The fraction of sp³-hybridized carbons (Fsp3) is 0.286. The minimum Gasteiger partial charge on any atom is -0.306 e. The van der Waals surface area contributed by atoms with Crippen LogP contribution in [-0.4, -0.2) is 30.2 Å². The van der Waals surface area contributed by atoms with Crippen LogP contribution >= 0.6 is 0 Å². The molecule has 4 aromatic rings. The van der Waals surface area contributed by atoms with Crippen LogP contribution in [0.15, 0.2) is 54.7 Å². The SMILES string of the molecule is Cc1nc2n(n1)CC(NCc1c(-c3ccccc3)nc3ccccn13)CC2. The number of pyridine rings is 1. The molecule has 0 bridgehead atoms. The molecule has 0 radical (unpaired) electrons. The van der Waals surface area contributed by atoms with Crippen molar-refractivity contribution in [3.63, 3.8) is 0 Å². The van der Waals surface area contributed by atoms with Crippen molar-refractivity contribution in [1.29, 1.82) is 0 Å². The van der Waals surface area contributed by atoms with Crippen molar-refractivity contribution in [1.82, 2.24) is 29.5 Å². The monoisotopic (exact) mass is 358 g/mol. The van der Waals surface area contributed by atoms with Gasteiger partial charge in [0.1, 0.15) is 17.3 Å². The molecule has 6 nitrogen and oxygen atoms in total. The second-order valence-corrected chi connectivity index (χ2v) is 7.08. The number of aromatic nitrogens is 5. The van der Waals surface area contributed by atoms with Crippen LogP contribution in [0.5, 0.6) is 0 Å². The van der Waals surface area contributed by atoms with Gasteiger partial charge in [0.2, 0.25) is 0 Å². The average molecular weight is 358 g/mol. The third-order valence-corrected chi connectivity index (χ3v) is 5.20. The Balaban J connectivity index is 1.43. The summed E-state index contributed by atoms with van der Waals surface area (Å²) >= 11 is 0. The quantitative estimate of drug-likeness (QED) is 0.609. The Morgan fingerprint density at radius 3 is 2.81 bits per heavy atom. The Kier molecular flexibility index (Phi) is 3.98. The van der Waals surface area contributed by atoms with Gasteiger partial charge in [-0.15, -0.1) is 0 Å². The molecule has 0 amide bonds. The van der Waals surface area contributed by atoms with E-state index >= 15 is 0 Å². The molecule has 3 aromatic heterocycles. The molecule has 4 heterocycles. The van der Waals surface area contributed by atoms with Gasteiger partial charge >= 0.3 is 0 Å². The highest BCUT2D eigenvalue weighted by molar-refractivity contribution is 5.66. The zero-order chi connectivity index (χ0) is 18.2. The lowest BCUT2D eigenvalue weighted by Crippen LogP contribution is -2.37. The highest BCUT2D eigenvalue weighted by atomic mass is 15.4. The summed E-state index contributed by atoms with van der Waals surface area (Å²) < 4.78 is 4.23. The van der Waals surface area contributed by atoms with Crippen LogP contribution in [0.25, 0.3) is 16.9 Å². The number of benzene rings is 1. The first-order valence-corrected chi connectivity index (χ1v) is 9.43. The summed E-state index contributed by atoms with van der Waals surface area (Å²) in [6, 6.07) is 16.9. The van der Waals surface area contributed by atoms with E-state index in [0.717, 1.165) is 54.5 Å². The maximum Gasteiger partial charge on any atom is 0.147 e. The number of nitrogens with zero attached hydrogens (tertiary/aromatic N) is 5. The van der Waals surface area contributed by atoms with E-state index in [1.165, 1.54) is 5.69 Å². The highest BCUT2D eigenvalue weighted by Gasteiger charge is 2.22. The lowest BCUT2D eigenvalue weighted by atomic mass is 10.1. The lowest BCUT2D eigenvalue weighted by molar-refractivity contribution is 0.356. The first kappa shape index (κ1) is 16.2. The summed E-state index contributed by atoms with van der Waals surface area (Å²) in [4.78, 5) is 9.38. The Morgan fingerprint density at radius 2 is 1.93 bits per heavy atom. The van der Waals surface area contributed by atoms with Crippen LogP contribution in [0.4, 0.5) is 0 Å². The van der Waals surface area contributed by atoms with Crippen molar-refractivity contribution in [2.24, 2.45) is 0 Å². The highest BCUT2D eigenvalue weighted by Crippen LogP contribution is 2.24. The predicted molar refractivity (Wildman–Crippen MR) is 104 cm³/mol. The Morgan fingerprint density at radius 1 is 1.07 bits per heavy atom. The number of aryl methyl sites for hydroxylation is 2. The molecule has 0 spiro atoms. The Bertz CT molecular complexity index is 1080. The van der Waals surface area contributed by atoms with Gasteiger partial charge in [-0.3, -0.25) is 0 Å². The molecule has 0 saturated heterocycles. The molecule has 1 aliphatic rings. The molecule has 27 heavy (non-hydrogen) atoms. The van der Waals surface area contributed by atoms with E-state index in [1.807, 2.05) is 23.7 Å². The maximum absolute atomic E-state index is 4.88. The molecule has 1 aliphatic heterocycles. The molecule has 1 unspecified atom stereocenters. The molecule has 0 saturated carbocycles. The number of nitrogens with one attached hydrogen (secondary N) is 1.